The lowest BCUT2D eigenvalue weighted by molar-refractivity contribution is -0.137. The highest BCUT2D eigenvalue weighted by Crippen LogP contribution is 2.54. The van der Waals surface area contributed by atoms with E-state index < -0.39 is 36.0 Å². The van der Waals surface area contributed by atoms with Crippen molar-refractivity contribution in [1.82, 2.24) is 15.3 Å². The van der Waals surface area contributed by atoms with Gasteiger partial charge in [-0.25, -0.2) is 8.78 Å². The first-order chi connectivity index (χ1) is 12.6. The van der Waals surface area contributed by atoms with Crippen molar-refractivity contribution in [2.75, 3.05) is 0 Å². The van der Waals surface area contributed by atoms with Gasteiger partial charge in [0.05, 0.1) is 16.8 Å². The molecule has 9 heteroatoms. The number of rotatable bonds is 5. The van der Waals surface area contributed by atoms with Crippen molar-refractivity contribution in [3.8, 4) is 0 Å². The maximum atomic E-state index is 13.5. The standard InChI is InChI=1S/C18H23F2N5O2/c1-8-9(2)25-11-3-10(11)4-12(25)14(8)15(26)16(27)24-17(13(21)5-23-22)6-18(19,20)7-17/h5,10-11,23H,3-4,6-7,21-22H2,1-2H3,(H,24,27)/b13-5-. The van der Waals surface area contributed by atoms with Crippen LogP contribution in [0.3, 0.4) is 0 Å². The van der Waals surface area contributed by atoms with Crippen LogP contribution in [0.1, 0.15) is 52.6 Å². The van der Waals surface area contributed by atoms with Crippen LogP contribution in [0.2, 0.25) is 0 Å². The number of carbonyl (C=O) groups excluding carboxylic acids is 2. The van der Waals surface area contributed by atoms with Crippen molar-refractivity contribution in [3.05, 3.63) is 34.4 Å². The molecule has 146 valence electrons. The average Bonchev–Trinajstić information content (AvgIpc) is 3.15. The third kappa shape index (κ3) is 2.55. The first kappa shape index (κ1) is 18.0. The molecule has 0 saturated heterocycles. The molecule has 0 spiro atoms. The average molecular weight is 379 g/mol. The van der Waals surface area contributed by atoms with E-state index in [2.05, 4.69) is 15.3 Å². The van der Waals surface area contributed by atoms with Crippen molar-refractivity contribution in [3.63, 3.8) is 0 Å². The third-order valence-corrected chi connectivity index (χ3v) is 6.23. The number of nitrogens with zero attached hydrogens (tertiary/aromatic N) is 1. The molecule has 2 aliphatic carbocycles. The molecule has 0 bridgehead atoms. The fraction of sp³-hybridized carbons (Fsp3) is 0.556. The number of Topliss-reactive ketones (excluding diaryl/α,β-unsaturated/α-hetero) is 1. The molecule has 4 rings (SSSR count). The minimum Gasteiger partial charge on any atom is -0.399 e. The number of carbonyl (C=O) groups is 2. The number of hydrazine groups is 1. The van der Waals surface area contributed by atoms with Crippen LogP contribution in [0.5, 0.6) is 0 Å². The topological polar surface area (TPSA) is 115 Å². The van der Waals surface area contributed by atoms with Gasteiger partial charge in [0, 0.05) is 36.5 Å². The fourth-order valence-corrected chi connectivity index (χ4v) is 4.68. The quantitative estimate of drug-likeness (QED) is 0.263. The summed E-state index contributed by atoms with van der Waals surface area (Å²) in [5.41, 5.74) is 9.56. The largest absolute Gasteiger partial charge is 0.399 e. The number of amides is 1. The highest BCUT2D eigenvalue weighted by Gasteiger charge is 2.59. The van der Waals surface area contributed by atoms with Crippen LogP contribution in [0, 0.1) is 19.8 Å². The van der Waals surface area contributed by atoms with E-state index in [0.717, 1.165) is 36.0 Å². The van der Waals surface area contributed by atoms with Crippen LogP contribution < -0.4 is 22.3 Å². The van der Waals surface area contributed by atoms with E-state index in [0.29, 0.717) is 17.5 Å². The Labute approximate surface area is 155 Å². The van der Waals surface area contributed by atoms with Gasteiger partial charge in [-0.15, -0.1) is 0 Å². The second kappa shape index (κ2) is 5.54. The molecule has 2 saturated carbocycles. The van der Waals surface area contributed by atoms with E-state index in [4.69, 9.17) is 11.6 Å². The van der Waals surface area contributed by atoms with Gasteiger partial charge in [0.15, 0.2) is 0 Å². The van der Waals surface area contributed by atoms with Gasteiger partial charge in [-0.3, -0.25) is 15.4 Å². The number of nitrogens with two attached hydrogens (primary N) is 2. The summed E-state index contributed by atoms with van der Waals surface area (Å²) in [5, 5.41) is 2.45. The molecular formula is C18H23F2N5O2. The molecule has 2 unspecified atom stereocenters. The molecule has 1 aliphatic heterocycles. The van der Waals surface area contributed by atoms with Gasteiger partial charge < -0.3 is 21.0 Å². The number of hydrogen-bond acceptors (Lipinski definition) is 5. The van der Waals surface area contributed by atoms with Gasteiger partial charge >= 0.3 is 0 Å². The first-order valence-corrected chi connectivity index (χ1v) is 8.97. The number of hydrogen-bond donors (Lipinski definition) is 4. The lowest BCUT2D eigenvalue weighted by Gasteiger charge is -2.47. The summed E-state index contributed by atoms with van der Waals surface area (Å²) in [6.45, 7) is 3.76. The highest BCUT2D eigenvalue weighted by molar-refractivity contribution is 6.43. The van der Waals surface area contributed by atoms with Gasteiger partial charge in [0.25, 0.3) is 17.6 Å². The van der Waals surface area contributed by atoms with Crippen molar-refractivity contribution >= 4 is 11.7 Å². The second-order valence-corrected chi connectivity index (χ2v) is 8.01. The first-order valence-electron chi connectivity index (χ1n) is 8.97. The van der Waals surface area contributed by atoms with Gasteiger partial charge in [0.2, 0.25) is 0 Å². The molecule has 7 nitrogen and oxygen atoms in total. The fourth-order valence-electron chi connectivity index (χ4n) is 4.68. The maximum absolute atomic E-state index is 13.5. The predicted molar refractivity (Wildman–Crippen MR) is 93.7 cm³/mol. The Morgan fingerprint density at radius 1 is 1.30 bits per heavy atom. The third-order valence-electron chi connectivity index (χ3n) is 6.23. The minimum atomic E-state index is -2.95. The Hall–Kier alpha value is -2.42. The molecule has 6 N–H and O–H groups in total. The monoisotopic (exact) mass is 379 g/mol. The number of ketones is 1. The Balaban J connectivity index is 1.60. The summed E-state index contributed by atoms with van der Waals surface area (Å²) in [6.07, 6.45) is 1.69. The summed E-state index contributed by atoms with van der Waals surface area (Å²) in [6, 6.07) is 0.425. The zero-order valence-electron chi connectivity index (χ0n) is 15.2. The molecule has 1 amide bonds. The summed E-state index contributed by atoms with van der Waals surface area (Å²) in [4.78, 5) is 25.6. The Morgan fingerprint density at radius 2 is 1.96 bits per heavy atom. The van der Waals surface area contributed by atoms with Gasteiger partial charge in [-0.2, -0.15) is 0 Å². The SMILES string of the molecule is Cc1c(C(=O)C(=O)NC2(/C(N)=C/NN)CC(F)(F)C2)c2n(c1C)C1CC1C2. The summed E-state index contributed by atoms with van der Waals surface area (Å²) in [7, 11) is 0. The Morgan fingerprint density at radius 3 is 2.56 bits per heavy atom. The molecule has 27 heavy (non-hydrogen) atoms. The maximum Gasteiger partial charge on any atom is 0.293 e. The predicted octanol–water partition coefficient (Wildman–Crippen LogP) is 0.952. The number of halogens is 2. The van der Waals surface area contributed by atoms with Crippen LogP contribution in [0.15, 0.2) is 11.9 Å². The van der Waals surface area contributed by atoms with Crippen molar-refractivity contribution in [2.45, 2.75) is 57.0 Å². The Kier molecular flexibility index (Phi) is 3.69. The number of fused-ring (bicyclic) bond motifs is 3. The highest BCUT2D eigenvalue weighted by atomic mass is 19.3. The number of aromatic nitrogens is 1. The number of alkyl halides is 2. The molecule has 0 aromatic carbocycles. The molecule has 2 atom stereocenters. The zero-order valence-corrected chi connectivity index (χ0v) is 15.2. The summed E-state index contributed by atoms with van der Waals surface area (Å²) >= 11 is 0. The molecule has 1 aromatic rings. The molecule has 2 fully saturated rings. The van der Waals surface area contributed by atoms with Crippen LogP contribution in [-0.4, -0.2) is 27.7 Å². The van der Waals surface area contributed by atoms with Crippen LogP contribution >= 0.6 is 0 Å². The zero-order chi connectivity index (χ0) is 19.7. The van der Waals surface area contributed by atoms with Gasteiger partial charge in [-0.1, -0.05) is 0 Å². The lowest BCUT2D eigenvalue weighted by Crippen LogP contribution is -2.65. The molecule has 0 radical (unpaired) electrons. The van der Waals surface area contributed by atoms with Crippen LogP contribution in [0.25, 0.3) is 0 Å². The van der Waals surface area contributed by atoms with Crippen molar-refractivity contribution in [1.29, 1.82) is 0 Å². The van der Waals surface area contributed by atoms with Crippen LogP contribution in [0.4, 0.5) is 8.78 Å². The minimum absolute atomic E-state index is 0.0340. The number of nitrogens with one attached hydrogen (secondary N) is 2. The summed E-state index contributed by atoms with van der Waals surface area (Å²) < 4.78 is 29.2. The second-order valence-electron chi connectivity index (χ2n) is 8.01. The molecule has 2 heterocycles. The smallest absolute Gasteiger partial charge is 0.293 e. The van der Waals surface area contributed by atoms with E-state index in [9.17, 15) is 18.4 Å². The van der Waals surface area contributed by atoms with E-state index in [1.165, 1.54) is 0 Å². The Bertz CT molecular complexity index is 881. The van der Waals surface area contributed by atoms with Gasteiger partial charge in [-0.05, 0) is 38.2 Å². The molecule has 3 aliphatic rings. The molecular weight excluding hydrogens is 356 g/mol. The van der Waals surface area contributed by atoms with Crippen molar-refractivity contribution < 1.29 is 18.4 Å². The van der Waals surface area contributed by atoms with E-state index in [-0.39, 0.29) is 5.70 Å². The lowest BCUT2D eigenvalue weighted by atomic mass is 9.71. The normalized spacial score (nSPS) is 26.6. The van der Waals surface area contributed by atoms with E-state index in [1.54, 1.807) is 0 Å². The molecule has 1 aromatic heterocycles. The van der Waals surface area contributed by atoms with Crippen LogP contribution in [-0.2, 0) is 11.2 Å². The van der Waals surface area contributed by atoms with Crippen molar-refractivity contribution in [2.24, 2.45) is 17.5 Å². The summed E-state index contributed by atoms with van der Waals surface area (Å²) in [5.74, 6) is 1.15. The van der Waals surface area contributed by atoms with E-state index >= 15 is 0 Å². The van der Waals surface area contributed by atoms with E-state index in [1.807, 2.05) is 13.8 Å². The van der Waals surface area contributed by atoms with Gasteiger partial charge in [0.1, 0.15) is 0 Å².